The number of para-hydroxylation sites is 1. The molecule has 0 heterocycles. The summed E-state index contributed by atoms with van der Waals surface area (Å²) in [7, 11) is 0. The third kappa shape index (κ3) is 2.75. The molecule has 0 spiro atoms. The van der Waals surface area contributed by atoms with Crippen molar-refractivity contribution < 1.29 is 19.1 Å². The van der Waals surface area contributed by atoms with Crippen LogP contribution in [0.3, 0.4) is 0 Å². The predicted molar refractivity (Wildman–Crippen MR) is 68.2 cm³/mol. The lowest BCUT2D eigenvalue weighted by Crippen LogP contribution is -2.30. The highest BCUT2D eigenvalue weighted by atomic mass is 19.1. The molecule has 0 radical (unpaired) electrons. The second-order valence-electron chi connectivity index (χ2n) is 4.90. The molecular weight excluding hydrogens is 249 g/mol. The molecule has 0 bridgehead atoms. The first-order chi connectivity index (χ1) is 9.00. The average molecular weight is 265 g/mol. The fourth-order valence-electron chi connectivity index (χ4n) is 2.58. The molecule has 1 fully saturated rings. The summed E-state index contributed by atoms with van der Waals surface area (Å²) in [6.07, 6.45) is 1.76. The van der Waals surface area contributed by atoms with Gasteiger partial charge in [0.05, 0.1) is 17.5 Å². The Balaban J connectivity index is 2.15. The third-order valence-corrected chi connectivity index (χ3v) is 3.64. The fourth-order valence-corrected chi connectivity index (χ4v) is 2.58. The van der Waals surface area contributed by atoms with Gasteiger partial charge in [-0.3, -0.25) is 9.59 Å². The van der Waals surface area contributed by atoms with Crippen LogP contribution in [0, 0.1) is 24.6 Å². The lowest BCUT2D eigenvalue weighted by molar-refractivity contribution is -0.145. The maximum absolute atomic E-state index is 13.6. The number of aliphatic carboxylic acids is 1. The average Bonchev–Trinajstić information content (AvgIpc) is 2.83. The number of aryl methyl sites for hydroxylation is 1. The van der Waals surface area contributed by atoms with E-state index in [-0.39, 0.29) is 5.69 Å². The van der Waals surface area contributed by atoms with Gasteiger partial charge in [-0.25, -0.2) is 4.39 Å². The number of benzene rings is 1. The molecule has 1 aliphatic rings. The van der Waals surface area contributed by atoms with Crippen LogP contribution in [0.5, 0.6) is 0 Å². The molecular formula is C14H16FNO3. The molecule has 5 heteroatoms. The van der Waals surface area contributed by atoms with E-state index >= 15 is 0 Å². The van der Waals surface area contributed by atoms with Crippen LogP contribution < -0.4 is 5.32 Å². The van der Waals surface area contributed by atoms with Crippen LogP contribution in [-0.4, -0.2) is 17.0 Å². The Morgan fingerprint density at radius 1 is 1.32 bits per heavy atom. The minimum Gasteiger partial charge on any atom is -0.481 e. The summed E-state index contributed by atoms with van der Waals surface area (Å²) in [4.78, 5) is 23.1. The number of halogens is 1. The molecule has 1 saturated carbocycles. The van der Waals surface area contributed by atoms with Crippen molar-refractivity contribution in [2.45, 2.75) is 26.2 Å². The van der Waals surface area contributed by atoms with Gasteiger partial charge < -0.3 is 10.4 Å². The summed E-state index contributed by atoms with van der Waals surface area (Å²) in [5.74, 6) is -3.09. The van der Waals surface area contributed by atoms with Gasteiger partial charge in [0.2, 0.25) is 5.91 Å². The second-order valence-corrected chi connectivity index (χ2v) is 4.90. The largest absolute Gasteiger partial charge is 0.481 e. The Bertz CT molecular complexity index is 495. The Morgan fingerprint density at radius 2 is 2.00 bits per heavy atom. The Morgan fingerprint density at radius 3 is 2.63 bits per heavy atom. The van der Waals surface area contributed by atoms with Crippen molar-refractivity contribution in [3.8, 4) is 0 Å². The van der Waals surface area contributed by atoms with E-state index in [1.165, 1.54) is 6.07 Å². The van der Waals surface area contributed by atoms with E-state index < -0.39 is 29.5 Å². The zero-order valence-electron chi connectivity index (χ0n) is 10.6. The Hall–Kier alpha value is -1.91. The SMILES string of the molecule is Cc1cccc(F)c1NC(=O)[C@@H]1CCC[C@@H]1C(=O)O. The molecule has 19 heavy (non-hydrogen) atoms. The van der Waals surface area contributed by atoms with Crippen LogP contribution >= 0.6 is 0 Å². The zero-order chi connectivity index (χ0) is 14.0. The Kier molecular flexibility index (Phi) is 3.83. The molecule has 2 atom stereocenters. The van der Waals surface area contributed by atoms with E-state index in [9.17, 15) is 14.0 Å². The van der Waals surface area contributed by atoms with Gasteiger partial charge in [-0.15, -0.1) is 0 Å². The van der Waals surface area contributed by atoms with Gasteiger partial charge in [-0.2, -0.15) is 0 Å². The molecule has 1 aromatic carbocycles. The molecule has 2 N–H and O–H groups in total. The van der Waals surface area contributed by atoms with Crippen molar-refractivity contribution in [1.82, 2.24) is 0 Å². The smallest absolute Gasteiger partial charge is 0.307 e. The van der Waals surface area contributed by atoms with Crippen LogP contribution in [0.1, 0.15) is 24.8 Å². The minimum absolute atomic E-state index is 0.142. The summed E-state index contributed by atoms with van der Waals surface area (Å²) in [5, 5.41) is 11.6. The second kappa shape index (κ2) is 5.38. The number of carboxylic acids is 1. The van der Waals surface area contributed by atoms with Crippen LogP contribution in [0.25, 0.3) is 0 Å². The van der Waals surface area contributed by atoms with Gasteiger partial charge in [-0.1, -0.05) is 18.6 Å². The maximum Gasteiger partial charge on any atom is 0.307 e. The summed E-state index contributed by atoms with van der Waals surface area (Å²) >= 11 is 0. The van der Waals surface area contributed by atoms with Gasteiger partial charge in [-0.05, 0) is 31.4 Å². The molecule has 1 aliphatic carbocycles. The van der Waals surface area contributed by atoms with Crippen molar-refractivity contribution in [2.24, 2.45) is 11.8 Å². The topological polar surface area (TPSA) is 66.4 Å². The van der Waals surface area contributed by atoms with E-state index in [1.54, 1.807) is 19.1 Å². The first-order valence-corrected chi connectivity index (χ1v) is 6.29. The molecule has 0 aromatic heterocycles. The highest BCUT2D eigenvalue weighted by Gasteiger charge is 2.37. The number of hydrogen-bond acceptors (Lipinski definition) is 2. The van der Waals surface area contributed by atoms with E-state index in [1.807, 2.05) is 0 Å². The third-order valence-electron chi connectivity index (χ3n) is 3.64. The molecule has 0 saturated heterocycles. The van der Waals surface area contributed by atoms with E-state index in [0.717, 1.165) is 0 Å². The van der Waals surface area contributed by atoms with Gasteiger partial charge in [0.25, 0.3) is 0 Å². The fraction of sp³-hybridized carbons (Fsp3) is 0.429. The van der Waals surface area contributed by atoms with E-state index in [2.05, 4.69) is 5.32 Å². The molecule has 2 rings (SSSR count). The first-order valence-electron chi connectivity index (χ1n) is 6.29. The first kappa shape index (κ1) is 13.5. The van der Waals surface area contributed by atoms with Crippen molar-refractivity contribution in [1.29, 1.82) is 0 Å². The van der Waals surface area contributed by atoms with Crippen LogP contribution in [0.15, 0.2) is 18.2 Å². The van der Waals surface area contributed by atoms with Gasteiger partial charge in [0.15, 0.2) is 0 Å². The summed E-state index contributed by atoms with van der Waals surface area (Å²) in [6.45, 7) is 1.70. The number of rotatable bonds is 3. The highest BCUT2D eigenvalue weighted by Crippen LogP contribution is 2.33. The molecule has 4 nitrogen and oxygen atoms in total. The highest BCUT2D eigenvalue weighted by molar-refractivity contribution is 5.96. The summed E-state index contributed by atoms with van der Waals surface area (Å²) in [5.41, 5.74) is 0.766. The van der Waals surface area contributed by atoms with Gasteiger partial charge in [0.1, 0.15) is 5.82 Å². The van der Waals surface area contributed by atoms with Crippen molar-refractivity contribution in [3.63, 3.8) is 0 Å². The Labute approximate surface area is 110 Å². The van der Waals surface area contributed by atoms with E-state index in [0.29, 0.717) is 24.8 Å². The molecule has 1 amide bonds. The number of hydrogen-bond donors (Lipinski definition) is 2. The summed E-state index contributed by atoms with van der Waals surface area (Å²) < 4.78 is 13.6. The van der Waals surface area contributed by atoms with Crippen LogP contribution in [-0.2, 0) is 9.59 Å². The van der Waals surface area contributed by atoms with E-state index in [4.69, 9.17) is 5.11 Å². The standard InChI is InChI=1S/C14H16FNO3/c1-8-4-2-7-11(15)12(8)16-13(17)9-5-3-6-10(9)14(18)19/h2,4,7,9-10H,3,5-6H2,1H3,(H,16,17)(H,18,19)/t9-,10+/m1/s1. The quantitative estimate of drug-likeness (QED) is 0.882. The number of nitrogens with one attached hydrogen (secondary N) is 1. The number of anilines is 1. The number of amides is 1. The van der Waals surface area contributed by atoms with Crippen molar-refractivity contribution in [2.75, 3.05) is 5.32 Å². The predicted octanol–water partition coefficient (Wildman–Crippen LogP) is 2.57. The summed E-state index contributed by atoms with van der Waals surface area (Å²) in [6, 6.07) is 4.53. The number of carbonyl (C=O) groups is 2. The lowest BCUT2D eigenvalue weighted by atomic mass is 9.95. The molecule has 102 valence electrons. The van der Waals surface area contributed by atoms with Crippen LogP contribution in [0.4, 0.5) is 10.1 Å². The monoisotopic (exact) mass is 265 g/mol. The molecule has 0 unspecified atom stereocenters. The minimum atomic E-state index is -0.956. The van der Waals surface area contributed by atoms with Crippen molar-refractivity contribution >= 4 is 17.6 Å². The zero-order valence-corrected chi connectivity index (χ0v) is 10.6. The van der Waals surface area contributed by atoms with Crippen LogP contribution in [0.2, 0.25) is 0 Å². The number of carbonyl (C=O) groups excluding carboxylic acids is 1. The maximum atomic E-state index is 13.6. The molecule has 1 aromatic rings. The lowest BCUT2D eigenvalue weighted by Gasteiger charge is -2.17. The normalized spacial score (nSPS) is 22.2. The molecule has 0 aliphatic heterocycles. The van der Waals surface area contributed by atoms with Gasteiger partial charge in [0, 0.05) is 0 Å². The number of carboxylic acid groups (broad SMARTS) is 1. The van der Waals surface area contributed by atoms with Gasteiger partial charge >= 0.3 is 5.97 Å². The van der Waals surface area contributed by atoms with Crippen molar-refractivity contribution in [3.05, 3.63) is 29.6 Å².